The third-order valence-electron chi connectivity index (χ3n) is 4.41. The third-order valence-corrected chi connectivity index (χ3v) is 4.41. The van der Waals surface area contributed by atoms with Crippen LogP contribution in [0.3, 0.4) is 0 Å². The van der Waals surface area contributed by atoms with Crippen molar-refractivity contribution in [2.24, 2.45) is 5.92 Å². The van der Waals surface area contributed by atoms with Crippen molar-refractivity contribution in [2.75, 3.05) is 6.54 Å². The van der Waals surface area contributed by atoms with Gasteiger partial charge in [0.2, 0.25) is 0 Å². The Balaban J connectivity index is 2.45. The minimum atomic E-state index is 0.598. The van der Waals surface area contributed by atoms with Gasteiger partial charge in [-0.3, -0.25) is 0 Å². The molecule has 106 valence electrons. The number of hydrogen-bond donors (Lipinski definition) is 1. The third kappa shape index (κ3) is 3.20. The van der Waals surface area contributed by atoms with Gasteiger partial charge in [-0.25, -0.2) is 0 Å². The smallest absolute Gasteiger partial charge is 0.0354 e. The highest BCUT2D eigenvalue weighted by atomic mass is 14.9. The molecule has 2 rings (SSSR count). The van der Waals surface area contributed by atoms with Gasteiger partial charge in [-0.05, 0) is 66.8 Å². The zero-order valence-electron chi connectivity index (χ0n) is 13.1. The quantitative estimate of drug-likeness (QED) is 0.763. The summed E-state index contributed by atoms with van der Waals surface area (Å²) in [6.07, 6.45) is 6.27. The van der Waals surface area contributed by atoms with Crippen molar-refractivity contribution in [3.05, 3.63) is 34.4 Å². The molecule has 0 spiro atoms. The summed E-state index contributed by atoms with van der Waals surface area (Å²) in [5.74, 6) is 0.878. The molecule has 19 heavy (non-hydrogen) atoms. The molecule has 1 aliphatic carbocycles. The molecular formula is C18H29N. The molecule has 0 aromatic heterocycles. The lowest BCUT2D eigenvalue weighted by atomic mass is 9.87. The van der Waals surface area contributed by atoms with Crippen LogP contribution in [0.4, 0.5) is 0 Å². The lowest BCUT2D eigenvalue weighted by Gasteiger charge is -2.25. The molecule has 0 aliphatic heterocycles. The zero-order chi connectivity index (χ0) is 13.8. The van der Waals surface area contributed by atoms with Gasteiger partial charge in [0.25, 0.3) is 0 Å². The topological polar surface area (TPSA) is 12.0 Å². The highest BCUT2D eigenvalue weighted by Crippen LogP contribution is 2.43. The monoisotopic (exact) mass is 259 g/mol. The molecule has 1 nitrogen and oxygen atoms in total. The Hall–Kier alpha value is -0.820. The highest BCUT2D eigenvalue weighted by molar-refractivity contribution is 5.42. The van der Waals surface area contributed by atoms with E-state index in [2.05, 4.69) is 45.1 Å². The summed E-state index contributed by atoms with van der Waals surface area (Å²) in [7, 11) is 0. The molecule has 0 amide bonds. The van der Waals surface area contributed by atoms with Gasteiger partial charge < -0.3 is 5.32 Å². The van der Waals surface area contributed by atoms with E-state index in [1.165, 1.54) is 18.4 Å². The van der Waals surface area contributed by atoms with Crippen LogP contribution in [0.25, 0.3) is 0 Å². The maximum atomic E-state index is 3.75. The van der Waals surface area contributed by atoms with Gasteiger partial charge in [0.05, 0.1) is 0 Å². The standard InChI is InChI=1S/C18H29N/c1-5-13-11-14(6-2)17(15(7-3)12-13)18(19-8-4)16-9-10-16/h11-12,16,18-19H,5-10H2,1-4H3. The van der Waals surface area contributed by atoms with Gasteiger partial charge in [-0.15, -0.1) is 0 Å². The van der Waals surface area contributed by atoms with E-state index in [1.54, 1.807) is 16.7 Å². The van der Waals surface area contributed by atoms with Crippen LogP contribution in [0.2, 0.25) is 0 Å². The van der Waals surface area contributed by atoms with Crippen LogP contribution in [0.1, 0.15) is 68.8 Å². The van der Waals surface area contributed by atoms with E-state index in [1.807, 2.05) is 0 Å². The van der Waals surface area contributed by atoms with E-state index < -0.39 is 0 Å². The van der Waals surface area contributed by atoms with Gasteiger partial charge in [0.1, 0.15) is 0 Å². The average Bonchev–Trinajstić information content (AvgIpc) is 3.28. The Labute approximate surface area is 118 Å². The maximum Gasteiger partial charge on any atom is 0.0354 e. The second-order valence-corrected chi connectivity index (χ2v) is 5.76. The van der Waals surface area contributed by atoms with Crippen LogP contribution >= 0.6 is 0 Å². The van der Waals surface area contributed by atoms with Gasteiger partial charge in [0.15, 0.2) is 0 Å². The number of aryl methyl sites for hydroxylation is 3. The van der Waals surface area contributed by atoms with Crippen LogP contribution in [-0.2, 0) is 19.3 Å². The van der Waals surface area contributed by atoms with Crippen molar-refractivity contribution in [3.8, 4) is 0 Å². The number of nitrogens with one attached hydrogen (secondary N) is 1. The molecule has 1 atom stereocenters. The Morgan fingerprint density at radius 2 is 1.58 bits per heavy atom. The fraction of sp³-hybridized carbons (Fsp3) is 0.667. The Bertz CT molecular complexity index is 393. The molecule has 1 N–H and O–H groups in total. The Morgan fingerprint density at radius 3 is 1.95 bits per heavy atom. The average molecular weight is 259 g/mol. The molecule has 1 unspecified atom stereocenters. The molecule has 0 radical (unpaired) electrons. The van der Waals surface area contributed by atoms with Crippen LogP contribution in [0.5, 0.6) is 0 Å². The summed E-state index contributed by atoms with van der Waals surface area (Å²) in [5, 5.41) is 3.75. The van der Waals surface area contributed by atoms with Crippen LogP contribution < -0.4 is 5.32 Å². The van der Waals surface area contributed by atoms with Gasteiger partial charge >= 0.3 is 0 Å². The molecule has 1 fully saturated rings. The van der Waals surface area contributed by atoms with Gasteiger partial charge in [-0.2, -0.15) is 0 Å². The lowest BCUT2D eigenvalue weighted by molar-refractivity contribution is 0.489. The molecule has 1 aromatic carbocycles. The number of benzene rings is 1. The van der Waals surface area contributed by atoms with Crippen molar-refractivity contribution in [3.63, 3.8) is 0 Å². The number of rotatable bonds is 7. The van der Waals surface area contributed by atoms with Crippen LogP contribution in [-0.4, -0.2) is 6.54 Å². The molecule has 0 bridgehead atoms. The Morgan fingerprint density at radius 1 is 1.00 bits per heavy atom. The first-order valence-electron chi connectivity index (χ1n) is 8.12. The molecular weight excluding hydrogens is 230 g/mol. The van der Waals surface area contributed by atoms with Crippen molar-refractivity contribution in [1.82, 2.24) is 5.32 Å². The first-order valence-corrected chi connectivity index (χ1v) is 8.12. The van der Waals surface area contributed by atoms with E-state index in [9.17, 15) is 0 Å². The molecule has 0 heterocycles. The summed E-state index contributed by atoms with van der Waals surface area (Å²) in [4.78, 5) is 0. The predicted octanol–water partition coefficient (Wildman–Crippen LogP) is 4.43. The molecule has 1 heteroatoms. The summed E-state index contributed by atoms with van der Waals surface area (Å²) >= 11 is 0. The van der Waals surface area contributed by atoms with Crippen LogP contribution in [0.15, 0.2) is 12.1 Å². The maximum absolute atomic E-state index is 3.75. The van der Waals surface area contributed by atoms with Crippen molar-refractivity contribution < 1.29 is 0 Å². The zero-order valence-corrected chi connectivity index (χ0v) is 13.1. The van der Waals surface area contributed by atoms with E-state index in [-0.39, 0.29) is 0 Å². The minimum Gasteiger partial charge on any atom is -0.310 e. The van der Waals surface area contributed by atoms with E-state index in [0.29, 0.717) is 6.04 Å². The summed E-state index contributed by atoms with van der Waals surface area (Å²) in [6.45, 7) is 10.2. The first-order chi connectivity index (χ1) is 9.24. The highest BCUT2D eigenvalue weighted by Gasteiger charge is 2.33. The SMILES string of the molecule is CCNC(c1c(CC)cc(CC)cc1CC)C1CC1. The normalized spacial score (nSPS) is 16.6. The predicted molar refractivity (Wildman–Crippen MR) is 83.7 cm³/mol. The molecule has 0 saturated heterocycles. The second kappa shape index (κ2) is 6.56. The molecule has 1 aliphatic rings. The fourth-order valence-corrected chi connectivity index (χ4v) is 3.19. The summed E-state index contributed by atoms with van der Waals surface area (Å²) < 4.78 is 0. The van der Waals surface area contributed by atoms with E-state index >= 15 is 0 Å². The van der Waals surface area contributed by atoms with Crippen LogP contribution in [0, 0.1) is 5.92 Å². The van der Waals surface area contributed by atoms with Gasteiger partial charge in [0, 0.05) is 6.04 Å². The largest absolute Gasteiger partial charge is 0.310 e. The minimum absolute atomic E-state index is 0.598. The lowest BCUT2D eigenvalue weighted by Crippen LogP contribution is -2.25. The first kappa shape index (κ1) is 14.6. The summed E-state index contributed by atoms with van der Waals surface area (Å²) in [6, 6.07) is 5.49. The van der Waals surface area contributed by atoms with Crippen molar-refractivity contribution in [1.29, 1.82) is 0 Å². The Kier molecular flexibility index (Phi) is 5.04. The second-order valence-electron chi connectivity index (χ2n) is 5.76. The van der Waals surface area contributed by atoms with Gasteiger partial charge in [-0.1, -0.05) is 39.8 Å². The van der Waals surface area contributed by atoms with E-state index in [0.717, 1.165) is 31.7 Å². The fourth-order valence-electron chi connectivity index (χ4n) is 3.19. The van der Waals surface area contributed by atoms with Crippen molar-refractivity contribution in [2.45, 2.75) is 65.8 Å². The molecule has 1 aromatic rings. The molecule has 1 saturated carbocycles. The summed E-state index contributed by atoms with van der Waals surface area (Å²) in [5.41, 5.74) is 6.29. The van der Waals surface area contributed by atoms with Crippen molar-refractivity contribution >= 4 is 0 Å². The van der Waals surface area contributed by atoms with E-state index in [4.69, 9.17) is 0 Å². The number of hydrogen-bond acceptors (Lipinski definition) is 1.